The molecule has 2 aromatic rings. The van der Waals surface area contributed by atoms with Crippen molar-refractivity contribution in [2.24, 2.45) is 0 Å². The minimum atomic E-state index is -0.242. The van der Waals surface area contributed by atoms with Crippen molar-refractivity contribution in [2.45, 2.75) is 13.0 Å². The highest BCUT2D eigenvalue weighted by Gasteiger charge is 2.04. The summed E-state index contributed by atoms with van der Waals surface area (Å²) in [4.78, 5) is 4.40. The second-order valence-corrected chi connectivity index (χ2v) is 3.84. The monoisotopic (exact) mass is 229 g/mol. The highest BCUT2D eigenvalue weighted by molar-refractivity contribution is 5.59. The van der Waals surface area contributed by atoms with Crippen LogP contribution in [-0.2, 0) is 0 Å². The highest BCUT2D eigenvalue weighted by atomic mass is 16.5. The lowest BCUT2D eigenvalue weighted by Gasteiger charge is -2.11. The predicted molar refractivity (Wildman–Crippen MR) is 66.8 cm³/mol. The van der Waals surface area contributed by atoms with Crippen molar-refractivity contribution in [2.75, 3.05) is 6.61 Å². The summed E-state index contributed by atoms with van der Waals surface area (Å²) in [6.07, 6.45) is -0.242. The minimum absolute atomic E-state index is 0.0166. The maximum absolute atomic E-state index is 8.93. The Morgan fingerprint density at radius 3 is 2.59 bits per heavy atom. The first-order chi connectivity index (χ1) is 8.29. The van der Waals surface area contributed by atoms with Gasteiger partial charge in [0.15, 0.2) is 0 Å². The van der Waals surface area contributed by atoms with E-state index in [1.807, 2.05) is 42.5 Å². The molecule has 17 heavy (non-hydrogen) atoms. The first-order valence-electron chi connectivity index (χ1n) is 5.59. The van der Waals surface area contributed by atoms with Gasteiger partial charge < -0.3 is 9.84 Å². The molecular formula is C14H15NO2. The van der Waals surface area contributed by atoms with Crippen LogP contribution >= 0.6 is 0 Å². The lowest BCUT2D eigenvalue weighted by molar-refractivity contribution is 0.125. The fourth-order valence-electron chi connectivity index (χ4n) is 1.49. The fraction of sp³-hybridized carbons (Fsp3) is 0.214. The molecule has 1 atom stereocenters. The van der Waals surface area contributed by atoms with E-state index in [9.17, 15) is 0 Å². The Hall–Kier alpha value is -1.87. The van der Waals surface area contributed by atoms with E-state index in [1.165, 1.54) is 0 Å². The van der Waals surface area contributed by atoms with Crippen molar-refractivity contribution < 1.29 is 9.84 Å². The van der Waals surface area contributed by atoms with Crippen LogP contribution in [0.4, 0.5) is 0 Å². The Bertz CT molecular complexity index is 471. The van der Waals surface area contributed by atoms with E-state index >= 15 is 0 Å². The van der Waals surface area contributed by atoms with Gasteiger partial charge in [-0.2, -0.15) is 0 Å². The molecule has 1 heterocycles. The summed E-state index contributed by atoms with van der Waals surface area (Å²) < 4.78 is 5.46. The Balaban J connectivity index is 2.23. The number of aliphatic hydroxyl groups is 1. The third kappa shape index (κ3) is 3.04. The molecule has 2 rings (SSSR count). The lowest BCUT2D eigenvalue weighted by atomic mass is 10.1. The average molecular weight is 229 g/mol. The van der Waals surface area contributed by atoms with E-state index in [4.69, 9.17) is 9.84 Å². The highest BCUT2D eigenvalue weighted by Crippen LogP contribution is 2.19. The topological polar surface area (TPSA) is 42.4 Å². The van der Waals surface area contributed by atoms with Gasteiger partial charge in [-0.15, -0.1) is 0 Å². The molecule has 0 aliphatic rings. The number of hydrogen-bond acceptors (Lipinski definition) is 3. The van der Waals surface area contributed by atoms with Gasteiger partial charge in [-0.3, -0.25) is 0 Å². The average Bonchev–Trinajstić information content (AvgIpc) is 2.40. The molecule has 0 spiro atoms. The molecule has 1 aromatic heterocycles. The molecule has 0 saturated carbocycles. The molecule has 0 aliphatic carbocycles. The summed E-state index contributed by atoms with van der Waals surface area (Å²) in [5.74, 6) is 0.535. The Kier molecular flexibility index (Phi) is 3.73. The number of ether oxygens (including phenoxy) is 1. The lowest BCUT2D eigenvalue weighted by Crippen LogP contribution is -2.16. The number of aliphatic hydroxyl groups excluding tert-OH is 1. The second kappa shape index (κ2) is 5.46. The number of aromatic nitrogens is 1. The van der Waals surface area contributed by atoms with Crippen LogP contribution < -0.4 is 4.74 Å². The van der Waals surface area contributed by atoms with E-state index in [-0.39, 0.29) is 12.7 Å². The van der Waals surface area contributed by atoms with Gasteiger partial charge in [-0.05, 0) is 13.0 Å². The molecule has 1 N–H and O–H groups in total. The zero-order valence-corrected chi connectivity index (χ0v) is 9.71. The third-order valence-corrected chi connectivity index (χ3v) is 2.37. The molecule has 1 aromatic carbocycles. The summed E-state index contributed by atoms with van der Waals surface area (Å²) in [6.45, 7) is 1.79. The van der Waals surface area contributed by atoms with Crippen molar-refractivity contribution in [3.63, 3.8) is 0 Å². The van der Waals surface area contributed by atoms with Gasteiger partial charge in [0.25, 0.3) is 0 Å². The molecular weight excluding hydrogens is 214 g/mol. The molecule has 0 aliphatic heterocycles. The van der Waals surface area contributed by atoms with Gasteiger partial charge in [0.05, 0.1) is 12.3 Å². The maximum atomic E-state index is 8.93. The van der Waals surface area contributed by atoms with Gasteiger partial charge in [0.2, 0.25) is 5.88 Å². The summed E-state index contributed by atoms with van der Waals surface area (Å²) in [5.41, 5.74) is 1.92. The minimum Gasteiger partial charge on any atom is -0.472 e. The zero-order valence-electron chi connectivity index (χ0n) is 9.71. The van der Waals surface area contributed by atoms with Crippen LogP contribution in [0.3, 0.4) is 0 Å². The van der Waals surface area contributed by atoms with Gasteiger partial charge in [0.1, 0.15) is 6.10 Å². The SMILES string of the molecule is CC(CO)Oc1cccc(-c2ccccc2)n1. The number of hydrogen-bond donors (Lipinski definition) is 1. The summed E-state index contributed by atoms with van der Waals surface area (Å²) in [5, 5.41) is 8.93. The van der Waals surface area contributed by atoms with Crippen molar-refractivity contribution in [3.8, 4) is 17.1 Å². The standard InChI is InChI=1S/C14H15NO2/c1-11(10-16)17-14-9-5-8-13(15-14)12-6-3-2-4-7-12/h2-9,11,16H,10H2,1H3. The van der Waals surface area contributed by atoms with E-state index in [2.05, 4.69) is 4.98 Å². The summed E-state index contributed by atoms with van der Waals surface area (Å²) in [6, 6.07) is 15.5. The molecule has 0 amide bonds. The van der Waals surface area contributed by atoms with E-state index in [0.717, 1.165) is 11.3 Å². The summed E-state index contributed by atoms with van der Waals surface area (Å²) >= 11 is 0. The number of pyridine rings is 1. The molecule has 0 saturated heterocycles. The maximum Gasteiger partial charge on any atom is 0.214 e. The van der Waals surface area contributed by atoms with Gasteiger partial charge in [-0.25, -0.2) is 4.98 Å². The van der Waals surface area contributed by atoms with E-state index in [0.29, 0.717) is 5.88 Å². The number of rotatable bonds is 4. The Morgan fingerprint density at radius 2 is 1.88 bits per heavy atom. The zero-order chi connectivity index (χ0) is 12.1. The van der Waals surface area contributed by atoms with Crippen molar-refractivity contribution in [3.05, 3.63) is 48.5 Å². The van der Waals surface area contributed by atoms with Gasteiger partial charge in [0, 0.05) is 11.6 Å². The molecule has 3 heteroatoms. The van der Waals surface area contributed by atoms with Crippen LogP contribution in [-0.4, -0.2) is 22.8 Å². The Labute approximate surface area is 101 Å². The van der Waals surface area contributed by atoms with Crippen molar-refractivity contribution >= 4 is 0 Å². The van der Waals surface area contributed by atoms with Crippen LogP contribution in [0.5, 0.6) is 5.88 Å². The fourth-order valence-corrected chi connectivity index (χ4v) is 1.49. The third-order valence-electron chi connectivity index (χ3n) is 2.37. The second-order valence-electron chi connectivity index (χ2n) is 3.84. The van der Waals surface area contributed by atoms with E-state index < -0.39 is 0 Å². The predicted octanol–water partition coefficient (Wildman–Crippen LogP) is 2.51. The van der Waals surface area contributed by atoms with Crippen molar-refractivity contribution in [1.29, 1.82) is 0 Å². The van der Waals surface area contributed by atoms with Gasteiger partial charge in [-0.1, -0.05) is 36.4 Å². The van der Waals surface area contributed by atoms with Crippen LogP contribution in [0.1, 0.15) is 6.92 Å². The van der Waals surface area contributed by atoms with Crippen molar-refractivity contribution in [1.82, 2.24) is 4.98 Å². The number of nitrogens with zero attached hydrogens (tertiary/aromatic N) is 1. The largest absolute Gasteiger partial charge is 0.472 e. The first kappa shape index (κ1) is 11.6. The van der Waals surface area contributed by atoms with E-state index in [1.54, 1.807) is 13.0 Å². The summed E-state index contributed by atoms with van der Waals surface area (Å²) in [7, 11) is 0. The first-order valence-corrected chi connectivity index (χ1v) is 5.59. The number of benzene rings is 1. The quantitative estimate of drug-likeness (QED) is 0.875. The molecule has 1 unspecified atom stereocenters. The molecule has 88 valence electrons. The smallest absolute Gasteiger partial charge is 0.214 e. The van der Waals surface area contributed by atoms with Crippen LogP contribution in [0.25, 0.3) is 11.3 Å². The van der Waals surface area contributed by atoms with Crippen LogP contribution in [0.15, 0.2) is 48.5 Å². The molecule has 0 bridgehead atoms. The normalized spacial score (nSPS) is 12.1. The molecule has 0 fully saturated rings. The molecule has 0 radical (unpaired) electrons. The Morgan fingerprint density at radius 1 is 1.12 bits per heavy atom. The van der Waals surface area contributed by atoms with Crippen LogP contribution in [0, 0.1) is 0 Å². The van der Waals surface area contributed by atoms with Gasteiger partial charge >= 0.3 is 0 Å². The van der Waals surface area contributed by atoms with Crippen LogP contribution in [0.2, 0.25) is 0 Å². The molecule has 3 nitrogen and oxygen atoms in total.